The Kier molecular flexibility index (Phi) is 18.8. The molecule has 0 heterocycles. The van der Waals surface area contributed by atoms with Crippen molar-refractivity contribution < 1.29 is 0 Å². The molecule has 0 saturated carbocycles. The Bertz CT molecular complexity index is 220. The quantitative estimate of drug-likeness (QED) is 0.179. The Labute approximate surface area is 169 Å². The van der Waals surface area contributed by atoms with Gasteiger partial charge < -0.3 is 0 Å². The number of hydrogen-bond donors (Lipinski definition) is 0. The number of hydrogen-bond acceptors (Lipinski definition) is 0. The molecule has 0 aliphatic heterocycles. The summed E-state index contributed by atoms with van der Waals surface area (Å²) in [6.45, 7) is 14.5. The topological polar surface area (TPSA) is 0 Å². The number of unbranched alkanes of at least 4 members (excludes halogenated alkanes) is 3. The second-order valence-corrected chi connectivity index (χ2v) is 15.4. The van der Waals surface area contributed by atoms with Crippen molar-refractivity contribution in [3.8, 4) is 0 Å². The maximum atomic E-state index is 2.46. The molecule has 1 heteroatoms. The zero-order chi connectivity index (χ0) is 18.9. The molecule has 0 amide bonds. The first-order valence-electron chi connectivity index (χ1n) is 11.9. The third-order valence-corrected chi connectivity index (χ3v) is 15.0. The Hall–Kier alpha value is 0.818. The molecule has 0 aromatic rings. The molecule has 152 valence electrons. The fourth-order valence-corrected chi connectivity index (χ4v) is 15.4. The SMILES string of the molecule is CCCCC(CC)[CH2][Sb]([CH2]C(CC)CCCC)[CH2]C(CC)CCCC. The van der Waals surface area contributed by atoms with E-state index in [0.717, 1.165) is 17.8 Å². The summed E-state index contributed by atoms with van der Waals surface area (Å²) in [5.74, 6) is 3.20. The van der Waals surface area contributed by atoms with Crippen molar-refractivity contribution in [2.75, 3.05) is 0 Å². The van der Waals surface area contributed by atoms with E-state index in [9.17, 15) is 0 Å². The summed E-state index contributed by atoms with van der Waals surface area (Å²) in [6, 6.07) is 0. The van der Waals surface area contributed by atoms with E-state index in [1.165, 1.54) is 77.0 Å². The summed E-state index contributed by atoms with van der Waals surface area (Å²) in [6.07, 6.45) is 17.4. The predicted octanol–water partition coefficient (Wildman–Crippen LogP) is 9.13. The summed E-state index contributed by atoms with van der Waals surface area (Å²) in [7, 11) is 0. The molecule has 0 spiro atoms. The first-order valence-corrected chi connectivity index (χ1v) is 17.3. The molecule has 25 heavy (non-hydrogen) atoms. The average molecular weight is 461 g/mol. The fraction of sp³-hybridized carbons (Fsp3) is 1.00. The van der Waals surface area contributed by atoms with Gasteiger partial charge in [-0.3, -0.25) is 0 Å². The van der Waals surface area contributed by atoms with Crippen molar-refractivity contribution in [1.82, 2.24) is 0 Å². The molecule has 0 radical (unpaired) electrons. The summed E-state index contributed by atoms with van der Waals surface area (Å²) in [5.41, 5.74) is 0. The van der Waals surface area contributed by atoms with Gasteiger partial charge in [0.05, 0.1) is 0 Å². The fourth-order valence-electron chi connectivity index (χ4n) is 4.07. The van der Waals surface area contributed by atoms with E-state index in [0.29, 0.717) is 0 Å². The molecule has 0 aliphatic rings. The van der Waals surface area contributed by atoms with Crippen LogP contribution in [0.4, 0.5) is 0 Å². The molecule has 0 aromatic carbocycles. The van der Waals surface area contributed by atoms with Crippen molar-refractivity contribution in [2.24, 2.45) is 17.8 Å². The van der Waals surface area contributed by atoms with Gasteiger partial charge in [-0.05, 0) is 0 Å². The molecular weight excluding hydrogens is 410 g/mol. The summed E-state index contributed by atoms with van der Waals surface area (Å²) >= 11 is -1.09. The van der Waals surface area contributed by atoms with Gasteiger partial charge in [-0.1, -0.05) is 0 Å². The van der Waals surface area contributed by atoms with Gasteiger partial charge in [0.1, 0.15) is 0 Å². The van der Waals surface area contributed by atoms with Crippen LogP contribution in [0.15, 0.2) is 0 Å². The van der Waals surface area contributed by atoms with Gasteiger partial charge in [0.2, 0.25) is 0 Å². The summed E-state index contributed by atoms with van der Waals surface area (Å²) < 4.78 is 5.10. The van der Waals surface area contributed by atoms with E-state index in [2.05, 4.69) is 41.5 Å². The van der Waals surface area contributed by atoms with Crippen LogP contribution in [-0.4, -0.2) is 20.2 Å². The summed E-state index contributed by atoms with van der Waals surface area (Å²) in [5, 5.41) is 0. The molecule has 0 nitrogen and oxygen atoms in total. The zero-order valence-corrected chi connectivity index (χ0v) is 21.3. The molecule has 3 atom stereocenters. The maximum absolute atomic E-state index is 2.46. The van der Waals surface area contributed by atoms with Gasteiger partial charge in [0.25, 0.3) is 0 Å². The van der Waals surface area contributed by atoms with Crippen LogP contribution >= 0.6 is 0 Å². The van der Waals surface area contributed by atoms with Crippen LogP contribution in [0.3, 0.4) is 0 Å². The van der Waals surface area contributed by atoms with Crippen molar-refractivity contribution >= 4 is 20.2 Å². The Balaban J connectivity index is 4.80. The Morgan fingerprint density at radius 3 is 0.960 bits per heavy atom. The van der Waals surface area contributed by atoms with Crippen LogP contribution in [0, 0.1) is 17.8 Å². The minimum absolute atomic E-state index is 1.07. The minimum atomic E-state index is -1.09. The molecule has 0 aliphatic carbocycles. The molecular formula is C24H51Sb. The van der Waals surface area contributed by atoms with Crippen LogP contribution in [0.2, 0.25) is 13.1 Å². The van der Waals surface area contributed by atoms with Gasteiger partial charge in [0, 0.05) is 0 Å². The van der Waals surface area contributed by atoms with E-state index in [1.807, 2.05) is 0 Å². The molecule has 3 unspecified atom stereocenters. The van der Waals surface area contributed by atoms with Crippen molar-refractivity contribution in [2.45, 2.75) is 132 Å². The molecule has 0 fully saturated rings. The third-order valence-electron chi connectivity index (χ3n) is 6.18. The molecule has 0 N–H and O–H groups in total. The molecule has 0 saturated heterocycles. The van der Waals surface area contributed by atoms with E-state index in [-0.39, 0.29) is 0 Å². The van der Waals surface area contributed by atoms with Gasteiger partial charge in [0.15, 0.2) is 0 Å². The summed E-state index contributed by atoms with van der Waals surface area (Å²) in [4.78, 5) is 0. The van der Waals surface area contributed by atoms with Crippen LogP contribution in [-0.2, 0) is 0 Å². The molecule has 0 aromatic heterocycles. The Morgan fingerprint density at radius 1 is 0.480 bits per heavy atom. The second kappa shape index (κ2) is 18.2. The second-order valence-electron chi connectivity index (χ2n) is 8.47. The Morgan fingerprint density at radius 2 is 0.760 bits per heavy atom. The third kappa shape index (κ3) is 13.6. The average Bonchev–Trinajstić information content (AvgIpc) is 2.64. The van der Waals surface area contributed by atoms with Gasteiger partial charge in [-0.2, -0.15) is 0 Å². The van der Waals surface area contributed by atoms with Crippen molar-refractivity contribution in [3.63, 3.8) is 0 Å². The van der Waals surface area contributed by atoms with E-state index in [1.54, 1.807) is 13.1 Å². The normalized spacial score (nSPS) is 15.5. The molecule has 0 rings (SSSR count). The predicted molar refractivity (Wildman–Crippen MR) is 120 cm³/mol. The van der Waals surface area contributed by atoms with E-state index < -0.39 is 20.2 Å². The monoisotopic (exact) mass is 460 g/mol. The first-order chi connectivity index (χ1) is 12.1. The van der Waals surface area contributed by atoms with Crippen molar-refractivity contribution in [3.05, 3.63) is 0 Å². The van der Waals surface area contributed by atoms with Crippen LogP contribution in [0.5, 0.6) is 0 Å². The molecule has 0 bridgehead atoms. The zero-order valence-electron chi connectivity index (χ0n) is 18.8. The van der Waals surface area contributed by atoms with Gasteiger partial charge in [-0.15, -0.1) is 0 Å². The van der Waals surface area contributed by atoms with E-state index in [4.69, 9.17) is 0 Å². The van der Waals surface area contributed by atoms with Gasteiger partial charge in [-0.25, -0.2) is 0 Å². The standard InChI is InChI=1S/3C8H17.Sb/c3*1-4-6-7-8(3)5-2;/h3*8H,3-7H2,1-2H3;. The van der Waals surface area contributed by atoms with Crippen LogP contribution in [0.25, 0.3) is 0 Å². The van der Waals surface area contributed by atoms with Gasteiger partial charge >= 0.3 is 170 Å². The van der Waals surface area contributed by atoms with Crippen LogP contribution in [0.1, 0.15) is 119 Å². The van der Waals surface area contributed by atoms with Crippen LogP contribution < -0.4 is 0 Å². The first kappa shape index (κ1) is 25.8. The van der Waals surface area contributed by atoms with E-state index >= 15 is 0 Å². The number of rotatable bonds is 18. The van der Waals surface area contributed by atoms with Crippen molar-refractivity contribution in [1.29, 1.82) is 0 Å².